The predicted octanol–water partition coefficient (Wildman–Crippen LogP) is 1.55. The number of carboxylic acid groups (broad SMARTS) is 1. The van der Waals surface area contributed by atoms with E-state index in [9.17, 15) is 9.59 Å². The van der Waals surface area contributed by atoms with E-state index in [1.165, 1.54) is 0 Å². The summed E-state index contributed by atoms with van der Waals surface area (Å²) in [6.45, 7) is 8.52. The number of hydrogen-bond donors (Lipinski definition) is 3. The number of amides is 1. The number of carboxylic acids is 1. The van der Waals surface area contributed by atoms with Crippen molar-refractivity contribution in [1.29, 1.82) is 0 Å². The number of rotatable bonds is 7. The Morgan fingerprint density at radius 3 is 2.40 bits per heavy atom. The van der Waals surface area contributed by atoms with Gasteiger partial charge in [-0.15, -0.1) is 6.58 Å². The minimum atomic E-state index is -0.692. The molecule has 0 unspecified atom stereocenters. The SMILES string of the molecule is C=CCNC(C)(C)C(=O)NCC1CCC(C(=O)O)CC1. The molecule has 0 aliphatic heterocycles. The molecule has 1 aliphatic carbocycles. The number of hydrogen-bond acceptors (Lipinski definition) is 3. The lowest BCUT2D eigenvalue weighted by atomic mass is 9.82. The van der Waals surface area contributed by atoms with Crippen LogP contribution in [0.4, 0.5) is 0 Å². The predicted molar refractivity (Wildman–Crippen MR) is 78.4 cm³/mol. The fraction of sp³-hybridized carbons (Fsp3) is 0.733. The van der Waals surface area contributed by atoms with Crippen LogP contribution in [0.25, 0.3) is 0 Å². The van der Waals surface area contributed by atoms with Crippen molar-refractivity contribution in [3.63, 3.8) is 0 Å². The smallest absolute Gasteiger partial charge is 0.306 e. The highest BCUT2D eigenvalue weighted by Crippen LogP contribution is 2.28. The van der Waals surface area contributed by atoms with Crippen molar-refractivity contribution in [1.82, 2.24) is 10.6 Å². The second-order valence-electron chi connectivity index (χ2n) is 6.06. The molecule has 0 spiro atoms. The molecule has 1 rings (SSSR count). The molecular weight excluding hydrogens is 256 g/mol. The first-order valence-electron chi connectivity index (χ1n) is 7.24. The monoisotopic (exact) mass is 282 g/mol. The van der Waals surface area contributed by atoms with Crippen LogP contribution in [-0.4, -0.2) is 35.6 Å². The molecule has 20 heavy (non-hydrogen) atoms. The van der Waals surface area contributed by atoms with E-state index in [-0.39, 0.29) is 11.8 Å². The maximum absolute atomic E-state index is 12.1. The van der Waals surface area contributed by atoms with Gasteiger partial charge in [0.2, 0.25) is 5.91 Å². The van der Waals surface area contributed by atoms with E-state index in [4.69, 9.17) is 5.11 Å². The van der Waals surface area contributed by atoms with Crippen LogP contribution in [-0.2, 0) is 9.59 Å². The van der Waals surface area contributed by atoms with Gasteiger partial charge in [-0.25, -0.2) is 0 Å². The van der Waals surface area contributed by atoms with Gasteiger partial charge >= 0.3 is 5.97 Å². The molecule has 3 N–H and O–H groups in total. The van der Waals surface area contributed by atoms with Gasteiger partial charge in [0.15, 0.2) is 0 Å². The summed E-state index contributed by atoms with van der Waals surface area (Å²) in [5.74, 6) is -0.528. The van der Waals surface area contributed by atoms with Crippen LogP contribution in [0.1, 0.15) is 39.5 Å². The van der Waals surface area contributed by atoms with Gasteiger partial charge < -0.3 is 15.7 Å². The van der Waals surface area contributed by atoms with E-state index in [0.29, 0.717) is 31.8 Å². The molecule has 1 saturated carbocycles. The van der Waals surface area contributed by atoms with E-state index in [1.54, 1.807) is 6.08 Å². The van der Waals surface area contributed by atoms with Gasteiger partial charge in [-0.2, -0.15) is 0 Å². The summed E-state index contributed by atoms with van der Waals surface area (Å²) in [6, 6.07) is 0. The lowest BCUT2D eigenvalue weighted by Crippen LogP contribution is -2.53. The summed E-state index contributed by atoms with van der Waals surface area (Å²) in [5.41, 5.74) is -0.619. The Balaban J connectivity index is 2.31. The molecule has 5 nitrogen and oxygen atoms in total. The summed E-state index contributed by atoms with van der Waals surface area (Å²) in [7, 11) is 0. The van der Waals surface area contributed by atoms with Crippen LogP contribution < -0.4 is 10.6 Å². The first-order chi connectivity index (χ1) is 9.36. The summed E-state index contributed by atoms with van der Waals surface area (Å²) in [5, 5.41) is 15.0. The van der Waals surface area contributed by atoms with Crippen LogP contribution in [0.2, 0.25) is 0 Å². The fourth-order valence-corrected chi connectivity index (χ4v) is 2.48. The van der Waals surface area contributed by atoms with Crippen LogP contribution in [0, 0.1) is 11.8 Å². The molecule has 0 bridgehead atoms. The summed E-state index contributed by atoms with van der Waals surface area (Å²) < 4.78 is 0. The van der Waals surface area contributed by atoms with E-state index in [2.05, 4.69) is 17.2 Å². The molecule has 1 aliphatic rings. The van der Waals surface area contributed by atoms with Crippen molar-refractivity contribution in [2.45, 2.75) is 45.1 Å². The standard InChI is InChI=1S/C15H26N2O3/c1-4-9-17-15(2,3)14(20)16-10-11-5-7-12(8-6-11)13(18)19/h4,11-12,17H,1,5-10H2,2-3H3,(H,16,20)(H,18,19). The fourth-order valence-electron chi connectivity index (χ4n) is 2.48. The molecule has 114 valence electrons. The highest BCUT2D eigenvalue weighted by molar-refractivity contribution is 5.85. The molecule has 0 saturated heterocycles. The van der Waals surface area contributed by atoms with Gasteiger partial charge in [-0.1, -0.05) is 6.08 Å². The van der Waals surface area contributed by atoms with Crippen LogP contribution >= 0.6 is 0 Å². The topological polar surface area (TPSA) is 78.4 Å². The minimum absolute atomic E-state index is 0.0280. The quantitative estimate of drug-likeness (QED) is 0.619. The largest absolute Gasteiger partial charge is 0.481 e. The van der Waals surface area contributed by atoms with Crippen molar-refractivity contribution in [3.8, 4) is 0 Å². The third kappa shape index (κ3) is 4.96. The number of nitrogens with one attached hydrogen (secondary N) is 2. The van der Waals surface area contributed by atoms with E-state index in [0.717, 1.165) is 12.8 Å². The van der Waals surface area contributed by atoms with Crippen molar-refractivity contribution >= 4 is 11.9 Å². The normalized spacial score (nSPS) is 23.1. The first kappa shape index (κ1) is 16.7. The van der Waals surface area contributed by atoms with Gasteiger partial charge in [0.05, 0.1) is 11.5 Å². The zero-order valence-corrected chi connectivity index (χ0v) is 12.4. The third-order valence-corrected chi connectivity index (χ3v) is 4.00. The second kappa shape index (κ2) is 7.43. The van der Waals surface area contributed by atoms with Gasteiger partial charge in [0.1, 0.15) is 0 Å². The lowest BCUT2D eigenvalue weighted by Gasteiger charge is -2.29. The highest BCUT2D eigenvalue weighted by atomic mass is 16.4. The summed E-state index contributed by atoms with van der Waals surface area (Å²) in [4.78, 5) is 23.0. The summed E-state index contributed by atoms with van der Waals surface area (Å²) in [6.07, 6.45) is 4.90. The van der Waals surface area contributed by atoms with Gasteiger partial charge in [-0.05, 0) is 45.4 Å². The van der Waals surface area contributed by atoms with Gasteiger partial charge in [-0.3, -0.25) is 9.59 Å². The van der Waals surface area contributed by atoms with Gasteiger partial charge in [0, 0.05) is 13.1 Å². The van der Waals surface area contributed by atoms with Crippen molar-refractivity contribution in [2.75, 3.05) is 13.1 Å². The minimum Gasteiger partial charge on any atom is -0.481 e. The van der Waals surface area contributed by atoms with E-state index < -0.39 is 11.5 Å². The molecule has 1 amide bonds. The molecule has 0 aromatic carbocycles. The Bertz CT molecular complexity index is 358. The maximum atomic E-state index is 12.1. The van der Waals surface area contributed by atoms with Gasteiger partial charge in [0.25, 0.3) is 0 Å². The molecule has 0 heterocycles. The highest BCUT2D eigenvalue weighted by Gasteiger charge is 2.29. The molecular formula is C15H26N2O3. The summed E-state index contributed by atoms with van der Waals surface area (Å²) >= 11 is 0. The van der Waals surface area contributed by atoms with Crippen molar-refractivity contribution < 1.29 is 14.7 Å². The Kier molecular flexibility index (Phi) is 6.20. The molecule has 1 fully saturated rings. The Hall–Kier alpha value is -1.36. The Morgan fingerprint density at radius 2 is 1.90 bits per heavy atom. The molecule has 0 aromatic rings. The molecule has 0 radical (unpaired) electrons. The average molecular weight is 282 g/mol. The average Bonchev–Trinajstić information content (AvgIpc) is 2.42. The van der Waals surface area contributed by atoms with Crippen LogP contribution in [0.5, 0.6) is 0 Å². The lowest BCUT2D eigenvalue weighted by molar-refractivity contribution is -0.143. The number of carbonyl (C=O) groups is 2. The number of aliphatic carboxylic acids is 1. The zero-order chi connectivity index (χ0) is 15.2. The van der Waals surface area contributed by atoms with Crippen molar-refractivity contribution in [3.05, 3.63) is 12.7 Å². The molecule has 5 heteroatoms. The zero-order valence-electron chi connectivity index (χ0n) is 12.4. The Morgan fingerprint density at radius 1 is 1.30 bits per heavy atom. The molecule has 0 atom stereocenters. The molecule has 0 aromatic heterocycles. The van der Waals surface area contributed by atoms with Crippen LogP contribution in [0.3, 0.4) is 0 Å². The Labute approximate surface area is 120 Å². The second-order valence-corrected chi connectivity index (χ2v) is 6.06. The van der Waals surface area contributed by atoms with Crippen LogP contribution in [0.15, 0.2) is 12.7 Å². The third-order valence-electron chi connectivity index (χ3n) is 4.00. The number of carbonyl (C=O) groups excluding carboxylic acids is 1. The first-order valence-corrected chi connectivity index (χ1v) is 7.24. The van der Waals surface area contributed by atoms with E-state index >= 15 is 0 Å². The van der Waals surface area contributed by atoms with E-state index in [1.807, 2.05) is 13.8 Å². The van der Waals surface area contributed by atoms with Crippen molar-refractivity contribution in [2.24, 2.45) is 11.8 Å². The maximum Gasteiger partial charge on any atom is 0.306 e.